The van der Waals surface area contributed by atoms with Crippen LogP contribution in [0.3, 0.4) is 0 Å². The van der Waals surface area contributed by atoms with Gasteiger partial charge in [0, 0.05) is 18.0 Å². The number of anilines is 2. The molecule has 0 aliphatic heterocycles. The number of fused-ring (bicyclic) bond motifs is 1. The smallest absolute Gasteiger partial charge is 0.337 e. The number of benzene rings is 1. The van der Waals surface area contributed by atoms with Gasteiger partial charge in [0.1, 0.15) is 17.6 Å². The first kappa shape index (κ1) is 16.8. The lowest BCUT2D eigenvalue weighted by molar-refractivity contribution is 0.0696. The van der Waals surface area contributed by atoms with E-state index in [1.54, 1.807) is 13.0 Å². The predicted molar refractivity (Wildman–Crippen MR) is 94.7 cm³/mol. The van der Waals surface area contributed by atoms with Crippen LogP contribution in [0, 0.1) is 6.92 Å². The molecule has 25 heavy (non-hydrogen) atoms. The lowest BCUT2D eigenvalue weighted by Crippen LogP contribution is -2.00. The van der Waals surface area contributed by atoms with E-state index in [2.05, 4.69) is 22.3 Å². The van der Waals surface area contributed by atoms with E-state index in [4.69, 9.17) is 0 Å². The molecule has 0 saturated carbocycles. The van der Waals surface area contributed by atoms with Crippen LogP contribution in [0.25, 0.3) is 5.52 Å². The molecule has 2 aromatic heterocycles. The number of phenolic OH excluding ortho intramolecular Hbond substituents is 1. The van der Waals surface area contributed by atoms with Crippen molar-refractivity contribution in [2.45, 2.75) is 33.1 Å². The van der Waals surface area contributed by atoms with Gasteiger partial charge in [-0.25, -0.2) is 14.3 Å². The molecule has 0 atom stereocenters. The number of phenols is 1. The fraction of sp³-hybridized carbons (Fsp3) is 0.278. The second kappa shape index (κ2) is 6.80. The van der Waals surface area contributed by atoms with E-state index < -0.39 is 5.97 Å². The summed E-state index contributed by atoms with van der Waals surface area (Å²) >= 11 is 0. The minimum absolute atomic E-state index is 0.182. The summed E-state index contributed by atoms with van der Waals surface area (Å²) in [6.45, 7) is 3.83. The fourth-order valence-electron chi connectivity index (χ4n) is 2.82. The average Bonchev–Trinajstić information content (AvgIpc) is 2.92. The summed E-state index contributed by atoms with van der Waals surface area (Å²) in [4.78, 5) is 15.5. The van der Waals surface area contributed by atoms with E-state index >= 15 is 0 Å². The van der Waals surface area contributed by atoms with Crippen molar-refractivity contribution in [3.8, 4) is 5.75 Å². The summed E-state index contributed by atoms with van der Waals surface area (Å²) in [5.74, 6) is -0.283. The van der Waals surface area contributed by atoms with Gasteiger partial charge in [0.25, 0.3) is 0 Å². The highest BCUT2D eigenvalue weighted by Gasteiger charge is 2.17. The van der Waals surface area contributed by atoms with Gasteiger partial charge in [-0.3, -0.25) is 0 Å². The number of hydrogen-bond acceptors (Lipinski definition) is 5. The first-order valence-electron chi connectivity index (χ1n) is 8.16. The Kier molecular flexibility index (Phi) is 4.56. The van der Waals surface area contributed by atoms with Crippen molar-refractivity contribution in [3.05, 3.63) is 47.4 Å². The zero-order valence-electron chi connectivity index (χ0n) is 14.2. The maximum absolute atomic E-state index is 11.3. The van der Waals surface area contributed by atoms with Crippen LogP contribution >= 0.6 is 0 Å². The number of unbranched alkanes of at least 4 members (excludes halogenated alkanes) is 1. The molecule has 0 amide bonds. The Hall–Kier alpha value is -3.09. The van der Waals surface area contributed by atoms with Gasteiger partial charge in [0.15, 0.2) is 5.82 Å². The Morgan fingerprint density at radius 2 is 2.16 bits per heavy atom. The number of aromatic hydroxyl groups is 1. The molecule has 0 spiro atoms. The van der Waals surface area contributed by atoms with Crippen LogP contribution in [-0.2, 0) is 6.42 Å². The molecule has 3 aromatic rings. The number of aromatic nitrogens is 3. The molecule has 7 heteroatoms. The lowest BCUT2D eigenvalue weighted by atomic mass is 10.1. The Morgan fingerprint density at radius 3 is 2.84 bits per heavy atom. The minimum Gasteiger partial charge on any atom is -0.508 e. The highest BCUT2D eigenvalue weighted by molar-refractivity contribution is 5.94. The molecule has 3 rings (SSSR count). The lowest BCUT2D eigenvalue weighted by Gasteiger charge is -2.10. The molecule has 0 aliphatic carbocycles. The van der Waals surface area contributed by atoms with Crippen LogP contribution in [0.1, 0.15) is 41.3 Å². The van der Waals surface area contributed by atoms with E-state index in [0.29, 0.717) is 22.6 Å². The first-order valence-corrected chi connectivity index (χ1v) is 8.16. The molecule has 1 aromatic carbocycles. The van der Waals surface area contributed by atoms with Crippen LogP contribution in [0.15, 0.2) is 30.7 Å². The summed E-state index contributed by atoms with van der Waals surface area (Å²) in [6.07, 6.45) is 5.74. The van der Waals surface area contributed by atoms with Crippen molar-refractivity contribution in [2.75, 3.05) is 5.32 Å². The number of aryl methyl sites for hydroxylation is 2. The van der Waals surface area contributed by atoms with Gasteiger partial charge < -0.3 is 15.5 Å². The van der Waals surface area contributed by atoms with Gasteiger partial charge in [-0.1, -0.05) is 19.4 Å². The number of rotatable bonds is 6. The van der Waals surface area contributed by atoms with Crippen LogP contribution in [0.5, 0.6) is 5.75 Å². The van der Waals surface area contributed by atoms with Gasteiger partial charge in [-0.05, 0) is 37.0 Å². The number of carboxylic acids is 1. The monoisotopic (exact) mass is 340 g/mol. The average molecular weight is 340 g/mol. The van der Waals surface area contributed by atoms with Crippen molar-refractivity contribution in [2.24, 2.45) is 0 Å². The molecule has 2 heterocycles. The number of nitrogens with one attached hydrogen (secondary N) is 1. The van der Waals surface area contributed by atoms with Crippen LogP contribution in [0.4, 0.5) is 11.5 Å². The summed E-state index contributed by atoms with van der Waals surface area (Å²) in [7, 11) is 0. The third-order valence-electron chi connectivity index (χ3n) is 4.20. The van der Waals surface area contributed by atoms with Crippen LogP contribution in [0.2, 0.25) is 0 Å². The second-order valence-corrected chi connectivity index (χ2v) is 5.95. The summed E-state index contributed by atoms with van der Waals surface area (Å²) in [5, 5.41) is 26.7. The van der Waals surface area contributed by atoms with Crippen molar-refractivity contribution < 1.29 is 15.0 Å². The number of carboxylic acid groups (broad SMARTS) is 1. The zero-order chi connectivity index (χ0) is 18.0. The molecule has 0 saturated heterocycles. The second-order valence-electron chi connectivity index (χ2n) is 5.95. The highest BCUT2D eigenvalue weighted by atomic mass is 16.4. The van der Waals surface area contributed by atoms with Gasteiger partial charge in [-0.2, -0.15) is 5.10 Å². The SMILES string of the molecule is CCCCc1ccc(Nc2ncnn3cc(C(=O)O)c(C)c23)cc1O. The Morgan fingerprint density at radius 1 is 1.36 bits per heavy atom. The molecule has 0 radical (unpaired) electrons. The van der Waals surface area contributed by atoms with Gasteiger partial charge >= 0.3 is 5.97 Å². The van der Waals surface area contributed by atoms with Crippen LogP contribution < -0.4 is 5.32 Å². The van der Waals surface area contributed by atoms with E-state index in [0.717, 1.165) is 24.8 Å². The van der Waals surface area contributed by atoms with Gasteiger partial charge in [0.2, 0.25) is 0 Å². The van der Waals surface area contributed by atoms with E-state index in [-0.39, 0.29) is 11.3 Å². The summed E-state index contributed by atoms with van der Waals surface area (Å²) < 4.78 is 1.49. The fourth-order valence-corrected chi connectivity index (χ4v) is 2.82. The van der Waals surface area contributed by atoms with Crippen molar-refractivity contribution in [1.29, 1.82) is 0 Å². The Labute approximate surface area is 145 Å². The molecule has 3 N–H and O–H groups in total. The largest absolute Gasteiger partial charge is 0.508 e. The Bertz CT molecular complexity index is 933. The molecule has 0 bridgehead atoms. The standard InChI is InChI=1S/C18H20N4O3/c1-3-4-5-12-6-7-13(8-15(12)23)21-17-16-11(2)14(18(24)25)9-22(16)20-10-19-17/h6-10,23H,3-5H2,1-2H3,(H,24,25)(H,19,20,21). The first-order chi connectivity index (χ1) is 12.0. The van der Waals surface area contributed by atoms with E-state index in [1.807, 2.05) is 12.1 Å². The minimum atomic E-state index is -1.01. The predicted octanol–water partition coefficient (Wildman–Crippen LogP) is 3.53. The maximum Gasteiger partial charge on any atom is 0.337 e. The van der Waals surface area contributed by atoms with Crippen molar-refractivity contribution >= 4 is 23.0 Å². The molecule has 7 nitrogen and oxygen atoms in total. The van der Waals surface area contributed by atoms with Gasteiger partial charge in [0.05, 0.1) is 5.56 Å². The third kappa shape index (κ3) is 3.26. The molecular weight excluding hydrogens is 320 g/mol. The van der Waals surface area contributed by atoms with Crippen LogP contribution in [-0.4, -0.2) is 30.8 Å². The van der Waals surface area contributed by atoms with Gasteiger partial charge in [-0.15, -0.1) is 0 Å². The van der Waals surface area contributed by atoms with Crippen molar-refractivity contribution in [3.63, 3.8) is 0 Å². The number of aromatic carboxylic acids is 1. The summed E-state index contributed by atoms with van der Waals surface area (Å²) in [5.41, 5.74) is 2.94. The molecule has 0 unspecified atom stereocenters. The maximum atomic E-state index is 11.3. The normalized spacial score (nSPS) is 11.0. The number of carbonyl (C=O) groups is 1. The summed E-state index contributed by atoms with van der Waals surface area (Å²) in [6, 6.07) is 5.42. The zero-order valence-corrected chi connectivity index (χ0v) is 14.2. The Balaban J connectivity index is 1.95. The highest BCUT2D eigenvalue weighted by Crippen LogP contribution is 2.28. The number of hydrogen-bond donors (Lipinski definition) is 3. The topological polar surface area (TPSA) is 99.8 Å². The quantitative estimate of drug-likeness (QED) is 0.635. The molecule has 130 valence electrons. The van der Waals surface area contributed by atoms with Crippen molar-refractivity contribution in [1.82, 2.24) is 14.6 Å². The molecular formula is C18H20N4O3. The molecule has 0 aliphatic rings. The molecule has 0 fully saturated rings. The van der Waals surface area contributed by atoms with E-state index in [9.17, 15) is 15.0 Å². The third-order valence-corrected chi connectivity index (χ3v) is 4.20. The van der Waals surface area contributed by atoms with E-state index in [1.165, 1.54) is 17.0 Å². The number of nitrogens with zero attached hydrogens (tertiary/aromatic N) is 3.